The highest BCUT2D eigenvalue weighted by Crippen LogP contribution is 2.48. The van der Waals surface area contributed by atoms with Crippen molar-refractivity contribution >= 4 is 27.3 Å². The first-order valence-corrected chi connectivity index (χ1v) is 8.28. The van der Waals surface area contributed by atoms with E-state index in [0.29, 0.717) is 18.2 Å². The second kappa shape index (κ2) is 5.89. The van der Waals surface area contributed by atoms with E-state index in [0.717, 1.165) is 19.3 Å². The first-order valence-electron chi connectivity index (χ1n) is 6.42. The van der Waals surface area contributed by atoms with E-state index in [2.05, 4.69) is 4.72 Å². The zero-order valence-corrected chi connectivity index (χ0v) is 12.9. The van der Waals surface area contributed by atoms with Crippen LogP contribution in [0.2, 0.25) is 5.02 Å². The molecule has 0 bridgehead atoms. The van der Waals surface area contributed by atoms with E-state index >= 15 is 0 Å². The van der Waals surface area contributed by atoms with Crippen LogP contribution in [-0.4, -0.2) is 28.7 Å². The molecule has 112 valence electrons. The Morgan fingerprint density at radius 1 is 1.45 bits per heavy atom. The van der Waals surface area contributed by atoms with Crippen molar-refractivity contribution in [3.63, 3.8) is 0 Å². The minimum atomic E-state index is -3.60. The number of ether oxygens (including phenoxy) is 1. The van der Waals surface area contributed by atoms with Crippen LogP contribution in [0.3, 0.4) is 0 Å². The summed E-state index contributed by atoms with van der Waals surface area (Å²) in [4.78, 5) is 0.0736. The summed E-state index contributed by atoms with van der Waals surface area (Å²) in [6.45, 7) is 1.06. The summed E-state index contributed by atoms with van der Waals surface area (Å²) >= 11 is 5.77. The molecule has 0 spiro atoms. The Bertz CT molecular complexity index is 585. The number of nitrogens with two attached hydrogens (primary N) is 1. The number of rotatable bonds is 7. The molecule has 2 rings (SSSR count). The first kappa shape index (κ1) is 15.6. The normalized spacial score (nSPS) is 17.1. The Balaban J connectivity index is 2.04. The molecule has 7 heteroatoms. The quantitative estimate of drug-likeness (QED) is 0.754. The molecule has 0 heterocycles. The number of halogens is 1. The van der Waals surface area contributed by atoms with Gasteiger partial charge in [0.05, 0.1) is 5.69 Å². The molecule has 0 unspecified atom stereocenters. The number of nitrogen functional groups attached to an aromatic ring is 1. The molecule has 1 saturated carbocycles. The third-order valence-electron chi connectivity index (χ3n) is 3.69. The predicted molar refractivity (Wildman–Crippen MR) is 79.2 cm³/mol. The maximum atomic E-state index is 12.2. The molecule has 0 aromatic heterocycles. The summed E-state index contributed by atoms with van der Waals surface area (Å²) in [7, 11) is -1.95. The van der Waals surface area contributed by atoms with Crippen molar-refractivity contribution in [2.45, 2.75) is 24.2 Å². The number of sulfonamides is 1. The number of methoxy groups -OCH3 is 1. The van der Waals surface area contributed by atoms with Gasteiger partial charge in [-0.3, -0.25) is 0 Å². The van der Waals surface area contributed by atoms with Gasteiger partial charge in [0, 0.05) is 25.3 Å². The van der Waals surface area contributed by atoms with Crippen LogP contribution in [0.5, 0.6) is 0 Å². The van der Waals surface area contributed by atoms with Crippen LogP contribution in [0, 0.1) is 5.41 Å². The third-order valence-corrected chi connectivity index (χ3v) is 5.40. The second-order valence-electron chi connectivity index (χ2n) is 5.25. The highest BCUT2D eigenvalue weighted by Gasteiger charge is 2.42. The van der Waals surface area contributed by atoms with Crippen molar-refractivity contribution in [3.05, 3.63) is 23.2 Å². The molecule has 0 saturated heterocycles. The van der Waals surface area contributed by atoms with Crippen molar-refractivity contribution in [3.8, 4) is 0 Å². The molecule has 3 N–H and O–H groups in total. The maximum Gasteiger partial charge on any atom is 0.242 e. The fourth-order valence-electron chi connectivity index (χ4n) is 2.10. The van der Waals surface area contributed by atoms with E-state index in [1.165, 1.54) is 18.2 Å². The lowest BCUT2D eigenvalue weighted by Crippen LogP contribution is -2.31. The van der Waals surface area contributed by atoms with Gasteiger partial charge in [-0.25, -0.2) is 13.1 Å². The van der Waals surface area contributed by atoms with Crippen LogP contribution in [0.4, 0.5) is 5.69 Å². The lowest BCUT2D eigenvalue weighted by molar-refractivity contribution is 0.173. The van der Waals surface area contributed by atoms with Crippen molar-refractivity contribution in [1.82, 2.24) is 4.72 Å². The molecule has 5 nitrogen and oxygen atoms in total. The van der Waals surface area contributed by atoms with E-state index < -0.39 is 10.0 Å². The fourth-order valence-corrected chi connectivity index (χ4v) is 3.55. The van der Waals surface area contributed by atoms with E-state index in [9.17, 15) is 8.42 Å². The molecule has 1 aliphatic rings. The van der Waals surface area contributed by atoms with Gasteiger partial charge in [-0.2, -0.15) is 0 Å². The van der Waals surface area contributed by atoms with Gasteiger partial charge in [0.15, 0.2) is 0 Å². The van der Waals surface area contributed by atoms with E-state index in [-0.39, 0.29) is 16.0 Å². The molecular formula is C13H19ClN2O3S. The molecular weight excluding hydrogens is 300 g/mol. The van der Waals surface area contributed by atoms with E-state index in [1.54, 1.807) is 7.11 Å². The number of benzene rings is 1. The number of hydrogen-bond donors (Lipinski definition) is 2. The predicted octanol–water partition coefficient (Wildman–Crippen LogP) is 2.02. The standard InChI is InChI=1S/C13H19ClN2O3S/c1-19-7-6-13(4-5-13)9-16-20(17,18)12-3-2-10(14)8-11(12)15/h2-3,8,16H,4-7,9,15H2,1H3. The van der Waals surface area contributed by atoms with Crippen LogP contribution in [0.1, 0.15) is 19.3 Å². The molecule has 0 amide bonds. The van der Waals surface area contributed by atoms with Gasteiger partial charge in [-0.15, -0.1) is 0 Å². The lowest BCUT2D eigenvalue weighted by Gasteiger charge is -2.16. The van der Waals surface area contributed by atoms with Crippen molar-refractivity contribution in [2.24, 2.45) is 5.41 Å². The molecule has 1 aromatic carbocycles. The summed E-state index contributed by atoms with van der Waals surface area (Å²) in [6.07, 6.45) is 2.91. The van der Waals surface area contributed by atoms with Crippen LogP contribution >= 0.6 is 11.6 Å². The third kappa shape index (κ3) is 3.63. The zero-order chi connectivity index (χ0) is 14.8. The number of nitrogens with one attached hydrogen (secondary N) is 1. The topological polar surface area (TPSA) is 81.4 Å². The highest BCUT2D eigenvalue weighted by atomic mass is 35.5. The average molecular weight is 319 g/mol. The Labute approximate surface area is 124 Å². The second-order valence-corrected chi connectivity index (χ2v) is 7.42. The SMILES string of the molecule is COCCC1(CNS(=O)(=O)c2ccc(Cl)cc2N)CC1. The van der Waals surface area contributed by atoms with Crippen LogP contribution in [-0.2, 0) is 14.8 Å². The van der Waals surface area contributed by atoms with Gasteiger partial charge in [-0.05, 0) is 42.9 Å². The Kier molecular flexibility index (Phi) is 4.59. The van der Waals surface area contributed by atoms with Gasteiger partial charge < -0.3 is 10.5 Å². The van der Waals surface area contributed by atoms with Crippen molar-refractivity contribution in [2.75, 3.05) is 26.0 Å². The summed E-state index contributed by atoms with van der Waals surface area (Å²) in [5.74, 6) is 0. The molecule has 20 heavy (non-hydrogen) atoms. The van der Waals surface area contributed by atoms with Gasteiger partial charge in [0.2, 0.25) is 10.0 Å². The van der Waals surface area contributed by atoms with Crippen LogP contribution in [0.25, 0.3) is 0 Å². The smallest absolute Gasteiger partial charge is 0.242 e. The summed E-state index contributed by atoms with van der Waals surface area (Å²) in [6, 6.07) is 4.38. The summed E-state index contributed by atoms with van der Waals surface area (Å²) < 4.78 is 32.2. The first-order chi connectivity index (χ1) is 9.38. The molecule has 1 fully saturated rings. The summed E-state index contributed by atoms with van der Waals surface area (Å²) in [5.41, 5.74) is 5.92. The van der Waals surface area contributed by atoms with E-state index in [4.69, 9.17) is 22.1 Å². The van der Waals surface area contributed by atoms with Crippen LogP contribution < -0.4 is 10.5 Å². The Morgan fingerprint density at radius 2 is 2.15 bits per heavy atom. The average Bonchev–Trinajstić information content (AvgIpc) is 3.14. The molecule has 0 aliphatic heterocycles. The molecule has 0 radical (unpaired) electrons. The van der Waals surface area contributed by atoms with Gasteiger partial charge in [-0.1, -0.05) is 11.6 Å². The fraction of sp³-hybridized carbons (Fsp3) is 0.538. The molecule has 0 atom stereocenters. The van der Waals surface area contributed by atoms with E-state index in [1.807, 2.05) is 0 Å². The number of hydrogen-bond acceptors (Lipinski definition) is 4. The monoisotopic (exact) mass is 318 g/mol. The highest BCUT2D eigenvalue weighted by molar-refractivity contribution is 7.89. The molecule has 1 aromatic rings. The maximum absolute atomic E-state index is 12.2. The number of anilines is 1. The van der Waals surface area contributed by atoms with Crippen molar-refractivity contribution < 1.29 is 13.2 Å². The Morgan fingerprint density at radius 3 is 2.70 bits per heavy atom. The minimum Gasteiger partial charge on any atom is -0.398 e. The van der Waals surface area contributed by atoms with Gasteiger partial charge in [0.1, 0.15) is 4.90 Å². The minimum absolute atomic E-state index is 0.0459. The van der Waals surface area contributed by atoms with Gasteiger partial charge >= 0.3 is 0 Å². The largest absolute Gasteiger partial charge is 0.398 e. The summed E-state index contributed by atoms with van der Waals surface area (Å²) in [5, 5.41) is 0.417. The lowest BCUT2D eigenvalue weighted by atomic mass is 10.0. The Hall–Kier alpha value is -0.820. The van der Waals surface area contributed by atoms with Crippen LogP contribution in [0.15, 0.2) is 23.1 Å². The zero-order valence-electron chi connectivity index (χ0n) is 11.4. The van der Waals surface area contributed by atoms with Crippen molar-refractivity contribution in [1.29, 1.82) is 0 Å². The molecule has 1 aliphatic carbocycles. The van der Waals surface area contributed by atoms with Gasteiger partial charge in [0.25, 0.3) is 0 Å².